The van der Waals surface area contributed by atoms with Crippen LogP contribution in [0.5, 0.6) is 0 Å². The minimum atomic E-state index is 0.963. The minimum absolute atomic E-state index is 0.963. The molecule has 6 rings (SSSR count). The molecule has 0 radical (unpaired) electrons. The molecule has 0 aromatic carbocycles. The molecule has 3 nitrogen and oxygen atoms in total. The van der Waals surface area contributed by atoms with Gasteiger partial charge >= 0.3 is 0 Å². The Balaban J connectivity index is 0.0000000735. The lowest BCUT2D eigenvalue weighted by Gasteiger charge is -1.87. The summed E-state index contributed by atoms with van der Waals surface area (Å²) in [5.74, 6) is 4.41. The average Bonchev–Trinajstić information content (AvgIpc) is 3.38. The highest BCUT2D eigenvalue weighted by atomic mass is 15.0. The highest BCUT2D eigenvalue weighted by Crippen LogP contribution is 2.40. The van der Waals surface area contributed by atoms with E-state index in [-0.39, 0.29) is 0 Å². The largest absolute Gasteiger partial charge is 0.316 e. The van der Waals surface area contributed by atoms with Crippen molar-refractivity contribution in [3.8, 4) is 0 Å². The van der Waals surface area contributed by atoms with Gasteiger partial charge in [0.15, 0.2) is 0 Å². The van der Waals surface area contributed by atoms with Gasteiger partial charge in [-0.05, 0) is 82.0 Å². The van der Waals surface area contributed by atoms with E-state index in [1.54, 1.807) is 0 Å². The summed E-state index contributed by atoms with van der Waals surface area (Å²) < 4.78 is 0. The number of rotatable bonds is 0. The van der Waals surface area contributed by atoms with E-state index in [0.717, 1.165) is 35.8 Å². The number of piperidine rings is 3. The minimum Gasteiger partial charge on any atom is -0.316 e. The van der Waals surface area contributed by atoms with Crippen LogP contribution in [0.15, 0.2) is 0 Å². The molecule has 6 fully saturated rings. The molecule has 6 atom stereocenters. The lowest BCUT2D eigenvalue weighted by atomic mass is 10.3. The van der Waals surface area contributed by atoms with Gasteiger partial charge in [-0.3, -0.25) is 0 Å². The molecule has 3 saturated heterocycles. The van der Waals surface area contributed by atoms with Gasteiger partial charge in [-0.15, -0.1) is 0 Å². The Morgan fingerprint density at radius 3 is 1.28 bits per heavy atom. The molecular weight excluding hydrogens is 222 g/mol. The maximum Gasteiger partial charge on any atom is 0.00996 e. The third-order valence-electron chi connectivity index (χ3n) is 5.57. The summed E-state index contributed by atoms with van der Waals surface area (Å²) >= 11 is 0. The monoisotopic (exact) mass is 249 g/mol. The molecular formula is C15H27N3. The quantitative estimate of drug-likeness (QED) is 0.598. The van der Waals surface area contributed by atoms with Gasteiger partial charge in [0.05, 0.1) is 0 Å². The molecule has 0 bridgehead atoms. The van der Waals surface area contributed by atoms with Gasteiger partial charge in [0, 0.05) is 12.1 Å². The van der Waals surface area contributed by atoms with Gasteiger partial charge in [0.2, 0.25) is 0 Å². The first-order valence-corrected chi connectivity index (χ1v) is 8.07. The maximum absolute atomic E-state index is 3.39. The zero-order valence-electron chi connectivity index (χ0n) is 11.3. The van der Waals surface area contributed by atoms with E-state index in [1.807, 2.05) is 0 Å². The third-order valence-corrected chi connectivity index (χ3v) is 5.57. The van der Waals surface area contributed by atoms with Crippen molar-refractivity contribution < 1.29 is 0 Å². The normalized spacial score (nSPS) is 52.0. The highest BCUT2D eigenvalue weighted by Gasteiger charge is 2.41. The van der Waals surface area contributed by atoms with Crippen LogP contribution in [0.2, 0.25) is 0 Å². The Labute approximate surface area is 110 Å². The second kappa shape index (κ2) is 4.77. The molecule has 6 aliphatic rings. The molecule has 3 N–H and O–H groups in total. The zero-order chi connectivity index (χ0) is 11.9. The first kappa shape index (κ1) is 11.7. The summed E-state index contributed by atoms with van der Waals surface area (Å²) in [6, 6.07) is 1.93. The van der Waals surface area contributed by atoms with Crippen LogP contribution in [0, 0.1) is 23.7 Å². The predicted octanol–water partition coefficient (Wildman–Crippen LogP) is 0.962. The van der Waals surface area contributed by atoms with Crippen LogP contribution in [0.1, 0.15) is 32.1 Å². The van der Waals surface area contributed by atoms with Crippen LogP contribution >= 0.6 is 0 Å². The Morgan fingerprint density at radius 1 is 0.611 bits per heavy atom. The summed E-state index contributed by atoms with van der Waals surface area (Å²) in [7, 11) is 0. The molecule has 3 aliphatic heterocycles. The molecule has 3 heteroatoms. The molecule has 102 valence electrons. The lowest BCUT2D eigenvalue weighted by molar-refractivity contribution is 0.732. The molecule has 6 unspecified atom stereocenters. The fraction of sp³-hybridized carbons (Fsp3) is 1.00. The van der Waals surface area contributed by atoms with Gasteiger partial charge in [0.1, 0.15) is 0 Å². The Morgan fingerprint density at radius 2 is 1.17 bits per heavy atom. The first-order valence-electron chi connectivity index (χ1n) is 8.07. The van der Waals surface area contributed by atoms with Crippen LogP contribution in [0.25, 0.3) is 0 Å². The Kier molecular flexibility index (Phi) is 3.10. The van der Waals surface area contributed by atoms with Crippen molar-refractivity contribution in [1.29, 1.82) is 0 Å². The highest BCUT2D eigenvalue weighted by molar-refractivity contribution is 4.98. The molecule has 0 amide bonds. The fourth-order valence-corrected chi connectivity index (χ4v) is 3.81. The molecule has 3 saturated carbocycles. The fourth-order valence-electron chi connectivity index (χ4n) is 3.81. The van der Waals surface area contributed by atoms with E-state index in [1.165, 1.54) is 58.3 Å². The van der Waals surface area contributed by atoms with Crippen LogP contribution in [-0.4, -0.2) is 38.3 Å². The van der Waals surface area contributed by atoms with Gasteiger partial charge in [0.25, 0.3) is 0 Å². The molecule has 0 aromatic rings. The van der Waals surface area contributed by atoms with Crippen LogP contribution < -0.4 is 16.0 Å². The molecule has 18 heavy (non-hydrogen) atoms. The van der Waals surface area contributed by atoms with E-state index >= 15 is 0 Å². The van der Waals surface area contributed by atoms with E-state index in [4.69, 9.17) is 0 Å². The topological polar surface area (TPSA) is 36.1 Å². The van der Waals surface area contributed by atoms with Crippen molar-refractivity contribution in [2.75, 3.05) is 26.2 Å². The van der Waals surface area contributed by atoms with Crippen molar-refractivity contribution in [2.45, 2.75) is 44.2 Å². The van der Waals surface area contributed by atoms with Crippen LogP contribution in [0.4, 0.5) is 0 Å². The molecule has 0 spiro atoms. The summed E-state index contributed by atoms with van der Waals surface area (Å²) in [6.07, 6.45) is 7.36. The summed E-state index contributed by atoms with van der Waals surface area (Å²) in [6.45, 7) is 5.19. The van der Waals surface area contributed by atoms with Crippen LogP contribution in [-0.2, 0) is 0 Å². The number of fused-ring (bicyclic) bond motifs is 3. The number of nitrogens with one attached hydrogen (secondary N) is 3. The van der Waals surface area contributed by atoms with Gasteiger partial charge < -0.3 is 16.0 Å². The third kappa shape index (κ3) is 2.73. The summed E-state index contributed by atoms with van der Waals surface area (Å²) in [5, 5.41) is 10.1. The molecule has 0 aromatic heterocycles. The SMILES string of the molecule is C1CC2CC2N1.C1CC2CC2N1.C1NCC2CC12. The van der Waals surface area contributed by atoms with Crippen molar-refractivity contribution in [3.63, 3.8) is 0 Å². The van der Waals surface area contributed by atoms with Crippen molar-refractivity contribution in [3.05, 3.63) is 0 Å². The van der Waals surface area contributed by atoms with Crippen LogP contribution in [0.3, 0.4) is 0 Å². The first-order chi connectivity index (χ1) is 8.90. The van der Waals surface area contributed by atoms with Crippen molar-refractivity contribution in [1.82, 2.24) is 16.0 Å². The van der Waals surface area contributed by atoms with Crippen molar-refractivity contribution >= 4 is 0 Å². The van der Waals surface area contributed by atoms with E-state index < -0.39 is 0 Å². The van der Waals surface area contributed by atoms with E-state index in [2.05, 4.69) is 16.0 Å². The smallest absolute Gasteiger partial charge is 0.00996 e. The van der Waals surface area contributed by atoms with Gasteiger partial charge in [-0.25, -0.2) is 0 Å². The van der Waals surface area contributed by atoms with E-state index in [0.29, 0.717) is 0 Å². The Bertz CT molecular complexity index is 235. The zero-order valence-corrected chi connectivity index (χ0v) is 11.3. The molecule has 3 aliphatic carbocycles. The predicted molar refractivity (Wildman–Crippen MR) is 73.5 cm³/mol. The lowest BCUT2D eigenvalue weighted by Crippen LogP contribution is -2.10. The Hall–Kier alpha value is -0.120. The number of hydrogen-bond donors (Lipinski definition) is 3. The second-order valence-electron chi connectivity index (χ2n) is 7.10. The summed E-state index contributed by atoms with van der Waals surface area (Å²) in [4.78, 5) is 0. The van der Waals surface area contributed by atoms with Gasteiger partial charge in [-0.2, -0.15) is 0 Å². The summed E-state index contributed by atoms with van der Waals surface area (Å²) in [5.41, 5.74) is 0. The molecule has 3 heterocycles. The van der Waals surface area contributed by atoms with Gasteiger partial charge in [-0.1, -0.05) is 0 Å². The number of hydrogen-bond acceptors (Lipinski definition) is 3. The maximum atomic E-state index is 3.39. The van der Waals surface area contributed by atoms with E-state index in [9.17, 15) is 0 Å². The second-order valence-corrected chi connectivity index (χ2v) is 7.10. The van der Waals surface area contributed by atoms with Crippen molar-refractivity contribution in [2.24, 2.45) is 23.7 Å². The standard InChI is InChI=1S/3C5H9N/c1-4-2-6-3-5(1)4;2*1-2-6-5-3-4(1)5/h3*4-6H,1-3H2. The average molecular weight is 249 g/mol.